The summed E-state index contributed by atoms with van der Waals surface area (Å²) in [5.41, 5.74) is 14.2. The maximum Gasteiger partial charge on any atom is 0.213 e. The van der Waals surface area contributed by atoms with Crippen LogP contribution in [0.3, 0.4) is 0 Å². The number of allylic oxidation sites excluding steroid dienone is 1. The fourth-order valence-electron chi connectivity index (χ4n) is 5.13. The maximum atomic E-state index is 12.6. The van der Waals surface area contributed by atoms with Crippen LogP contribution in [0.5, 0.6) is 11.6 Å². The van der Waals surface area contributed by atoms with E-state index in [1.54, 1.807) is 7.05 Å². The Labute approximate surface area is 217 Å². The highest BCUT2D eigenvalue weighted by Gasteiger charge is 2.31. The highest BCUT2D eigenvalue weighted by molar-refractivity contribution is 6.01. The van der Waals surface area contributed by atoms with Gasteiger partial charge < -0.3 is 15.2 Å². The highest BCUT2D eigenvalue weighted by Crippen LogP contribution is 2.47. The zero-order chi connectivity index (χ0) is 25.9. The van der Waals surface area contributed by atoms with Crippen LogP contribution in [-0.2, 0) is 0 Å². The Kier molecular flexibility index (Phi) is 7.24. The summed E-state index contributed by atoms with van der Waals surface area (Å²) >= 11 is 0. The molecule has 0 amide bonds. The first-order chi connectivity index (χ1) is 18.0. The highest BCUT2D eigenvalue weighted by atomic mass is 19.1. The van der Waals surface area contributed by atoms with Gasteiger partial charge in [0, 0.05) is 79.0 Å². The van der Waals surface area contributed by atoms with Crippen molar-refractivity contribution in [1.29, 1.82) is 0 Å². The van der Waals surface area contributed by atoms with Crippen molar-refractivity contribution in [2.45, 2.75) is 20.0 Å². The van der Waals surface area contributed by atoms with Crippen molar-refractivity contribution in [3.8, 4) is 11.6 Å². The summed E-state index contributed by atoms with van der Waals surface area (Å²) in [4.78, 5) is 11.1. The third kappa shape index (κ3) is 5.09. The van der Waals surface area contributed by atoms with Gasteiger partial charge in [-0.15, -0.1) is 0 Å². The lowest BCUT2D eigenvalue weighted by Crippen LogP contribution is -2.49. The van der Waals surface area contributed by atoms with E-state index in [9.17, 15) is 4.39 Å². The van der Waals surface area contributed by atoms with Gasteiger partial charge in [0.15, 0.2) is 6.10 Å². The van der Waals surface area contributed by atoms with Crippen molar-refractivity contribution in [2.75, 3.05) is 45.7 Å². The molecule has 5 rings (SSSR count). The van der Waals surface area contributed by atoms with Crippen LogP contribution in [0.1, 0.15) is 40.8 Å². The van der Waals surface area contributed by atoms with Crippen LogP contribution in [0.2, 0.25) is 0 Å². The molecule has 0 spiro atoms. The minimum Gasteiger partial charge on any atom is -0.480 e. The molecule has 1 saturated heterocycles. The molecule has 0 bridgehead atoms. The van der Waals surface area contributed by atoms with E-state index in [0.29, 0.717) is 18.2 Å². The number of nitrogens with two attached hydrogens (primary N) is 1. The van der Waals surface area contributed by atoms with Crippen molar-refractivity contribution >= 4 is 23.0 Å². The van der Waals surface area contributed by atoms with E-state index in [-0.39, 0.29) is 18.7 Å². The van der Waals surface area contributed by atoms with Crippen molar-refractivity contribution in [2.24, 2.45) is 10.9 Å². The second-order valence-corrected chi connectivity index (χ2v) is 9.77. The van der Waals surface area contributed by atoms with Crippen molar-refractivity contribution in [3.63, 3.8) is 0 Å². The van der Waals surface area contributed by atoms with E-state index in [1.165, 1.54) is 0 Å². The molecule has 2 N–H and O–H groups in total. The Morgan fingerprint density at radius 2 is 2.00 bits per heavy atom. The Balaban J connectivity index is 1.45. The molecule has 2 aliphatic rings. The van der Waals surface area contributed by atoms with E-state index in [2.05, 4.69) is 46.9 Å². The van der Waals surface area contributed by atoms with Crippen LogP contribution in [0.25, 0.3) is 11.1 Å². The summed E-state index contributed by atoms with van der Waals surface area (Å²) in [6.07, 6.45) is 3.36. The third-order valence-corrected chi connectivity index (χ3v) is 7.16. The first-order valence-electron chi connectivity index (χ1n) is 12.6. The zero-order valence-corrected chi connectivity index (χ0v) is 21.6. The lowest BCUT2D eigenvalue weighted by Gasteiger charge is -2.37. The van der Waals surface area contributed by atoms with Gasteiger partial charge in [-0.25, -0.2) is 4.98 Å². The first-order valence-corrected chi connectivity index (χ1v) is 12.6. The number of hydrogen-bond donors (Lipinski definition) is 1. The zero-order valence-electron chi connectivity index (χ0n) is 21.6. The van der Waals surface area contributed by atoms with Gasteiger partial charge in [0.25, 0.3) is 0 Å². The minimum atomic E-state index is -0.359. The summed E-state index contributed by atoms with van der Waals surface area (Å²) in [5.74, 6) is 1.53. The van der Waals surface area contributed by atoms with Crippen LogP contribution in [0, 0.1) is 12.8 Å². The maximum absolute atomic E-state index is 12.6. The number of aromatic nitrogens is 1. The van der Waals surface area contributed by atoms with Gasteiger partial charge in [-0.3, -0.25) is 14.3 Å². The predicted molar refractivity (Wildman–Crippen MR) is 147 cm³/mol. The molecular weight excluding hydrogens is 467 g/mol. The second kappa shape index (κ2) is 10.7. The quantitative estimate of drug-likeness (QED) is 0.333. The Morgan fingerprint density at radius 1 is 1.16 bits per heavy atom. The minimum absolute atomic E-state index is 0.178. The molecule has 7 heteroatoms. The van der Waals surface area contributed by atoms with Crippen molar-refractivity contribution in [1.82, 2.24) is 9.88 Å². The normalized spacial score (nSPS) is 18.0. The number of aliphatic imine (C=N–C) groups is 1. The number of fused-ring (bicyclic) bond motifs is 1. The van der Waals surface area contributed by atoms with Crippen molar-refractivity contribution in [3.05, 3.63) is 82.5 Å². The number of hydrogen-bond acceptors (Lipinski definition) is 6. The molecule has 1 atom stereocenters. The largest absolute Gasteiger partial charge is 0.480 e. The van der Waals surface area contributed by atoms with Gasteiger partial charge in [0.05, 0.1) is 6.67 Å². The van der Waals surface area contributed by atoms with Gasteiger partial charge in [-0.2, -0.15) is 0 Å². The van der Waals surface area contributed by atoms with Crippen LogP contribution >= 0.6 is 0 Å². The molecule has 2 aliphatic heterocycles. The molecule has 1 aromatic heterocycles. The lowest BCUT2D eigenvalue weighted by atomic mass is 9.84. The Morgan fingerprint density at radius 3 is 2.73 bits per heavy atom. The number of nitrogens with zero attached hydrogens (tertiary/aromatic N) is 3. The third-order valence-electron chi connectivity index (χ3n) is 7.16. The number of halogens is 1. The van der Waals surface area contributed by atoms with E-state index in [4.69, 9.17) is 15.2 Å². The van der Waals surface area contributed by atoms with E-state index < -0.39 is 0 Å². The summed E-state index contributed by atoms with van der Waals surface area (Å²) in [7, 11) is 1.78. The number of nitrogen functional groups attached to an aromatic ring is 1. The molecule has 3 aromatic rings. The number of ether oxygens (including phenoxy) is 2. The molecule has 0 radical (unpaired) electrons. The number of aryl methyl sites for hydroxylation is 1. The number of rotatable bonds is 8. The standard InChI is InChI=1S/C30H33FN4O2/c1-19-5-4-6-24(26(19)16-33-3)29-20(2)25-13-23(32)8-9-27(25)37-30(29)22-7-10-28(34-15-22)36-12-11-35-17-21(14-31)18-35/h4-10,13,15-16,21,30H,11-12,14,17-18,32H2,1-3H3. The molecule has 3 heterocycles. The smallest absolute Gasteiger partial charge is 0.213 e. The van der Waals surface area contributed by atoms with Crippen molar-refractivity contribution < 1.29 is 13.9 Å². The van der Waals surface area contributed by atoms with E-state index in [1.807, 2.05) is 42.7 Å². The summed E-state index contributed by atoms with van der Waals surface area (Å²) in [6, 6.07) is 15.9. The van der Waals surface area contributed by atoms with Gasteiger partial charge >= 0.3 is 0 Å². The Hall–Kier alpha value is -3.71. The number of alkyl halides is 1. The molecule has 1 fully saturated rings. The lowest BCUT2D eigenvalue weighted by molar-refractivity contribution is 0.0661. The Bertz CT molecular complexity index is 1330. The number of pyridine rings is 1. The average Bonchev–Trinajstić information content (AvgIpc) is 2.87. The van der Waals surface area contributed by atoms with E-state index in [0.717, 1.165) is 64.3 Å². The number of anilines is 1. The fourth-order valence-corrected chi connectivity index (χ4v) is 5.13. The SMILES string of the molecule is CN=Cc1c(C)cccc1C1=C(C)c2cc(N)ccc2OC1c1ccc(OCCN2CC(CF)C2)nc1. The van der Waals surface area contributed by atoms with Gasteiger partial charge in [0.2, 0.25) is 5.88 Å². The molecule has 1 unspecified atom stereocenters. The van der Waals surface area contributed by atoms with Crippen LogP contribution in [0.4, 0.5) is 10.1 Å². The molecule has 0 saturated carbocycles. The molecule has 0 aliphatic carbocycles. The van der Waals surface area contributed by atoms with Gasteiger partial charge in [0.1, 0.15) is 12.4 Å². The second-order valence-electron chi connectivity index (χ2n) is 9.77. The van der Waals surface area contributed by atoms with Gasteiger partial charge in [-0.05, 0) is 54.8 Å². The summed E-state index contributed by atoms with van der Waals surface area (Å²) in [5, 5.41) is 0. The monoisotopic (exact) mass is 500 g/mol. The fraction of sp³-hybridized carbons (Fsp3) is 0.333. The molecule has 2 aromatic carbocycles. The average molecular weight is 501 g/mol. The molecule has 6 nitrogen and oxygen atoms in total. The van der Waals surface area contributed by atoms with E-state index >= 15 is 0 Å². The molecule has 192 valence electrons. The van der Waals surface area contributed by atoms with Crippen LogP contribution in [-0.4, -0.2) is 56.1 Å². The first kappa shape index (κ1) is 25.0. The number of benzene rings is 2. The summed E-state index contributed by atoms with van der Waals surface area (Å²) in [6.45, 7) is 6.86. The van der Waals surface area contributed by atoms with Gasteiger partial charge in [-0.1, -0.05) is 18.2 Å². The molecule has 37 heavy (non-hydrogen) atoms. The van der Waals surface area contributed by atoms with Crippen LogP contribution in [0.15, 0.2) is 59.7 Å². The summed E-state index contributed by atoms with van der Waals surface area (Å²) < 4.78 is 25.1. The number of likely N-dealkylation sites (tertiary alicyclic amines) is 1. The topological polar surface area (TPSA) is 73.0 Å². The van der Waals surface area contributed by atoms with Crippen LogP contribution < -0.4 is 15.2 Å². The molecular formula is C30H33FN4O2. The predicted octanol–water partition coefficient (Wildman–Crippen LogP) is 5.37.